The third kappa shape index (κ3) is 4.75. The molecule has 0 spiro atoms. The minimum atomic E-state index is -0.664. The van der Waals surface area contributed by atoms with Gasteiger partial charge in [0.1, 0.15) is 10.6 Å². The number of aromatic hydroxyl groups is 1. The second kappa shape index (κ2) is 9.00. The topological polar surface area (TPSA) is 120 Å². The Balaban J connectivity index is 2.06. The van der Waals surface area contributed by atoms with Crippen molar-refractivity contribution in [1.82, 2.24) is 9.13 Å². The van der Waals surface area contributed by atoms with E-state index in [1.165, 1.54) is 38.0 Å². The van der Waals surface area contributed by atoms with Gasteiger partial charge in [0.05, 0.1) is 10.6 Å². The van der Waals surface area contributed by atoms with Crippen LogP contribution < -0.4 is 11.2 Å². The average molecular weight is 440 g/mol. The van der Waals surface area contributed by atoms with E-state index in [1.807, 2.05) is 19.1 Å². The Kier molecular flexibility index (Phi) is 6.40. The van der Waals surface area contributed by atoms with Gasteiger partial charge in [0.2, 0.25) is 5.88 Å². The molecule has 31 heavy (non-hydrogen) atoms. The molecular weight excluding hydrogens is 420 g/mol. The maximum atomic E-state index is 12.8. The molecule has 9 nitrogen and oxygen atoms in total. The monoisotopic (exact) mass is 440 g/mol. The highest BCUT2D eigenvalue weighted by molar-refractivity contribution is 8.13. The average Bonchev–Trinajstić information content (AvgIpc) is 2.76. The largest absolute Gasteiger partial charge is 0.494 e. The van der Waals surface area contributed by atoms with Gasteiger partial charge < -0.3 is 5.11 Å². The fourth-order valence-electron chi connectivity index (χ4n) is 2.78. The van der Waals surface area contributed by atoms with E-state index in [9.17, 15) is 24.8 Å². The first-order chi connectivity index (χ1) is 14.7. The van der Waals surface area contributed by atoms with E-state index in [-0.39, 0.29) is 16.3 Å². The van der Waals surface area contributed by atoms with Gasteiger partial charge in [-0.1, -0.05) is 29.8 Å². The first kappa shape index (κ1) is 22.0. The zero-order valence-electron chi connectivity index (χ0n) is 17.1. The summed E-state index contributed by atoms with van der Waals surface area (Å²) in [6, 6.07) is 13.3. The number of aromatic nitrogens is 2. The third-order valence-electron chi connectivity index (χ3n) is 4.63. The maximum Gasteiger partial charge on any atom is 0.333 e. The lowest BCUT2D eigenvalue weighted by atomic mass is 10.2. The van der Waals surface area contributed by atoms with E-state index in [0.717, 1.165) is 20.3 Å². The predicted molar refractivity (Wildman–Crippen MR) is 120 cm³/mol. The van der Waals surface area contributed by atoms with Crippen LogP contribution in [0.25, 0.3) is 0 Å². The zero-order chi connectivity index (χ0) is 22.7. The van der Waals surface area contributed by atoms with Crippen molar-refractivity contribution < 1.29 is 10.0 Å². The molecule has 0 aliphatic heterocycles. The molecular formula is C21H20N4O5S. The van der Waals surface area contributed by atoms with Crippen molar-refractivity contribution >= 4 is 28.2 Å². The number of non-ortho nitro benzene ring substituents is 1. The number of thioether (sulfide) groups is 1. The molecule has 160 valence electrons. The summed E-state index contributed by atoms with van der Waals surface area (Å²) in [6.07, 6.45) is 0. The molecule has 3 aromatic rings. The summed E-state index contributed by atoms with van der Waals surface area (Å²) in [5.41, 5.74) is 0.966. The maximum absolute atomic E-state index is 12.8. The van der Waals surface area contributed by atoms with Gasteiger partial charge in [-0.05, 0) is 24.6 Å². The van der Waals surface area contributed by atoms with Crippen molar-refractivity contribution in [3.8, 4) is 5.88 Å². The van der Waals surface area contributed by atoms with Gasteiger partial charge in [-0.15, -0.1) is 11.8 Å². The van der Waals surface area contributed by atoms with Crippen LogP contribution >= 0.6 is 11.8 Å². The van der Waals surface area contributed by atoms with Crippen LogP contribution in [0.2, 0.25) is 0 Å². The van der Waals surface area contributed by atoms with E-state index in [2.05, 4.69) is 4.99 Å². The number of hydrogen-bond acceptors (Lipinski definition) is 7. The quantitative estimate of drug-likeness (QED) is 0.282. The van der Waals surface area contributed by atoms with Crippen LogP contribution in [0, 0.1) is 17.0 Å². The molecule has 0 amide bonds. The Morgan fingerprint density at radius 1 is 1.06 bits per heavy atom. The molecule has 0 fully saturated rings. The summed E-state index contributed by atoms with van der Waals surface area (Å²) in [5, 5.41) is 21.6. The van der Waals surface area contributed by atoms with Gasteiger partial charge in [0, 0.05) is 32.0 Å². The van der Waals surface area contributed by atoms with Crippen LogP contribution in [-0.4, -0.2) is 24.2 Å². The second-order valence-corrected chi connectivity index (χ2v) is 7.83. The SMILES string of the molecule is Cc1ccc(N=C(SCc2ccc([N+](=O)[O-])cc2)c2c(O)n(C)c(=O)n(C)c2=O)cc1. The van der Waals surface area contributed by atoms with Gasteiger partial charge in [-0.3, -0.25) is 24.0 Å². The lowest BCUT2D eigenvalue weighted by Gasteiger charge is -2.12. The molecule has 1 heterocycles. The highest BCUT2D eigenvalue weighted by Gasteiger charge is 2.21. The van der Waals surface area contributed by atoms with Crippen molar-refractivity contribution in [3.63, 3.8) is 0 Å². The van der Waals surface area contributed by atoms with Crippen molar-refractivity contribution in [2.75, 3.05) is 0 Å². The summed E-state index contributed by atoms with van der Waals surface area (Å²) in [5.74, 6) is -0.135. The van der Waals surface area contributed by atoms with Gasteiger partial charge in [-0.2, -0.15) is 0 Å². The van der Waals surface area contributed by atoms with Crippen LogP contribution in [0.4, 0.5) is 11.4 Å². The molecule has 0 saturated carbocycles. The number of benzene rings is 2. The van der Waals surface area contributed by atoms with Gasteiger partial charge in [0.25, 0.3) is 11.2 Å². The number of nitrogens with zero attached hydrogens (tertiary/aromatic N) is 4. The Hall–Kier alpha value is -3.66. The van der Waals surface area contributed by atoms with Crippen molar-refractivity contribution in [2.45, 2.75) is 12.7 Å². The minimum Gasteiger partial charge on any atom is -0.494 e. The molecule has 0 unspecified atom stereocenters. The van der Waals surface area contributed by atoms with Crippen molar-refractivity contribution in [1.29, 1.82) is 0 Å². The number of rotatable bonds is 5. The third-order valence-corrected chi connectivity index (χ3v) is 5.68. The van der Waals surface area contributed by atoms with Crippen molar-refractivity contribution in [3.05, 3.63) is 96.2 Å². The number of hydrogen-bond donors (Lipinski definition) is 1. The highest BCUT2D eigenvalue weighted by Crippen LogP contribution is 2.26. The lowest BCUT2D eigenvalue weighted by molar-refractivity contribution is -0.384. The Labute approximate surface area is 181 Å². The molecule has 0 saturated heterocycles. The molecule has 0 aliphatic rings. The second-order valence-electron chi connectivity index (χ2n) is 6.87. The van der Waals surface area contributed by atoms with Gasteiger partial charge in [0.15, 0.2) is 0 Å². The summed E-state index contributed by atoms with van der Waals surface area (Å²) >= 11 is 1.18. The smallest absolute Gasteiger partial charge is 0.333 e. The fourth-order valence-corrected chi connectivity index (χ4v) is 3.77. The van der Waals surface area contributed by atoms with Crippen LogP contribution in [0.15, 0.2) is 63.1 Å². The van der Waals surface area contributed by atoms with E-state index in [4.69, 9.17) is 0 Å². The predicted octanol–water partition coefficient (Wildman–Crippen LogP) is 3.02. The molecule has 0 radical (unpaired) electrons. The molecule has 3 rings (SSSR count). The highest BCUT2D eigenvalue weighted by atomic mass is 32.2. The molecule has 0 aliphatic carbocycles. The Morgan fingerprint density at radius 2 is 1.68 bits per heavy atom. The van der Waals surface area contributed by atoms with E-state index in [0.29, 0.717) is 11.4 Å². The molecule has 10 heteroatoms. The van der Waals surface area contributed by atoms with Gasteiger partial charge in [-0.25, -0.2) is 9.79 Å². The van der Waals surface area contributed by atoms with Crippen LogP contribution in [0.1, 0.15) is 16.7 Å². The summed E-state index contributed by atoms with van der Waals surface area (Å²) in [6.45, 7) is 1.94. The number of nitro benzene ring substituents is 1. The normalized spacial score (nSPS) is 11.5. The molecule has 0 bridgehead atoms. The molecule has 2 aromatic carbocycles. The van der Waals surface area contributed by atoms with Crippen molar-refractivity contribution in [2.24, 2.45) is 19.1 Å². The summed E-state index contributed by atoms with van der Waals surface area (Å²) < 4.78 is 1.89. The van der Waals surface area contributed by atoms with Gasteiger partial charge >= 0.3 is 5.69 Å². The van der Waals surface area contributed by atoms with E-state index < -0.39 is 22.1 Å². The number of aliphatic imine (C=N–C) groups is 1. The van der Waals surface area contributed by atoms with Crippen LogP contribution in [-0.2, 0) is 19.8 Å². The zero-order valence-corrected chi connectivity index (χ0v) is 17.9. The standard InChI is InChI=1S/C21H20N4O5S/c1-13-4-8-15(9-5-13)22-18(17-19(26)23(2)21(28)24(3)20(17)27)31-12-14-6-10-16(11-7-14)25(29)30/h4-11,26H,12H2,1-3H3. The molecule has 0 atom stereocenters. The van der Waals surface area contributed by atoms with Crippen LogP contribution in [0.5, 0.6) is 5.88 Å². The first-order valence-corrected chi connectivity index (χ1v) is 10.2. The lowest BCUT2D eigenvalue weighted by Crippen LogP contribution is -2.39. The number of nitro groups is 1. The summed E-state index contributed by atoms with van der Waals surface area (Å²) in [7, 11) is 2.70. The number of aryl methyl sites for hydroxylation is 1. The summed E-state index contributed by atoms with van der Waals surface area (Å²) in [4.78, 5) is 39.8. The molecule has 1 N–H and O–H groups in total. The first-order valence-electron chi connectivity index (χ1n) is 9.20. The van der Waals surface area contributed by atoms with E-state index >= 15 is 0 Å². The van der Waals surface area contributed by atoms with Crippen LogP contribution in [0.3, 0.4) is 0 Å². The minimum absolute atomic E-state index is 0.0214. The Morgan fingerprint density at radius 3 is 2.26 bits per heavy atom. The van der Waals surface area contributed by atoms with E-state index in [1.54, 1.807) is 24.3 Å². The fraction of sp³-hybridized carbons (Fsp3) is 0.190. The Bertz CT molecular complexity index is 1280. The molecule has 1 aromatic heterocycles.